The van der Waals surface area contributed by atoms with Gasteiger partial charge in [0.25, 0.3) is 5.91 Å². The summed E-state index contributed by atoms with van der Waals surface area (Å²) in [4.78, 5) is 16.5. The number of hydrogen-bond acceptors (Lipinski definition) is 3. The number of aromatic nitrogens is 2. The first kappa shape index (κ1) is 20.4. The number of benzene rings is 2. The molecule has 2 aromatic carbocycles. The molecule has 0 spiro atoms. The standard InChI is InChI=1S/C21H21ClFN3OS/c1-15-24-9-11-26(15)13-16-5-7-17(8-6-16)21(27)25-10-12-28-14-18-19(22)3-2-4-20(18)23/h2-9,11H,10,12-14H2,1H3,(H,25,27). The van der Waals surface area contributed by atoms with Crippen LogP contribution in [-0.2, 0) is 12.3 Å². The highest BCUT2D eigenvalue weighted by Gasteiger charge is 2.08. The molecule has 1 aromatic heterocycles. The van der Waals surface area contributed by atoms with Crippen molar-refractivity contribution in [1.29, 1.82) is 0 Å². The van der Waals surface area contributed by atoms with E-state index in [0.29, 0.717) is 34.2 Å². The summed E-state index contributed by atoms with van der Waals surface area (Å²) in [5.74, 6) is 1.69. The summed E-state index contributed by atoms with van der Waals surface area (Å²) in [6.07, 6.45) is 3.71. The van der Waals surface area contributed by atoms with Gasteiger partial charge < -0.3 is 9.88 Å². The molecule has 0 aliphatic carbocycles. The Morgan fingerprint density at radius 3 is 2.71 bits per heavy atom. The number of carbonyl (C=O) groups excluding carboxylic acids is 1. The fourth-order valence-corrected chi connectivity index (χ4v) is 3.91. The highest BCUT2D eigenvalue weighted by molar-refractivity contribution is 7.98. The summed E-state index contributed by atoms with van der Waals surface area (Å²) in [6.45, 7) is 3.19. The van der Waals surface area contributed by atoms with E-state index >= 15 is 0 Å². The topological polar surface area (TPSA) is 46.9 Å². The van der Waals surface area contributed by atoms with Crippen molar-refractivity contribution in [2.75, 3.05) is 12.3 Å². The van der Waals surface area contributed by atoms with E-state index in [2.05, 4.69) is 10.3 Å². The third kappa shape index (κ3) is 5.36. The Balaban J connectivity index is 1.43. The maximum Gasteiger partial charge on any atom is 0.251 e. The average molecular weight is 418 g/mol. The molecule has 7 heteroatoms. The summed E-state index contributed by atoms with van der Waals surface area (Å²) in [7, 11) is 0. The Morgan fingerprint density at radius 1 is 1.25 bits per heavy atom. The molecule has 0 saturated heterocycles. The van der Waals surface area contributed by atoms with Crippen molar-refractivity contribution in [3.05, 3.63) is 88.2 Å². The van der Waals surface area contributed by atoms with E-state index in [1.54, 1.807) is 18.3 Å². The first-order valence-electron chi connectivity index (χ1n) is 8.90. The van der Waals surface area contributed by atoms with Crippen LogP contribution in [0.5, 0.6) is 0 Å². The number of nitrogens with one attached hydrogen (secondary N) is 1. The van der Waals surface area contributed by atoms with Crippen LogP contribution >= 0.6 is 23.4 Å². The van der Waals surface area contributed by atoms with E-state index in [4.69, 9.17) is 11.6 Å². The quantitative estimate of drug-likeness (QED) is 0.540. The molecule has 0 radical (unpaired) electrons. The number of carbonyl (C=O) groups is 1. The Bertz CT molecular complexity index is 923. The normalized spacial score (nSPS) is 10.8. The molecule has 1 amide bonds. The fraction of sp³-hybridized carbons (Fsp3) is 0.238. The summed E-state index contributed by atoms with van der Waals surface area (Å²) in [5, 5.41) is 3.32. The molecule has 28 heavy (non-hydrogen) atoms. The number of aryl methyl sites for hydroxylation is 1. The van der Waals surface area contributed by atoms with Crippen molar-refractivity contribution in [3.8, 4) is 0 Å². The Hall–Kier alpha value is -2.31. The number of imidazole rings is 1. The summed E-state index contributed by atoms with van der Waals surface area (Å²) in [6, 6.07) is 12.2. The molecule has 3 rings (SSSR count). The Kier molecular flexibility index (Phi) is 7.12. The molecule has 4 nitrogen and oxygen atoms in total. The second-order valence-electron chi connectivity index (χ2n) is 6.31. The van der Waals surface area contributed by atoms with Crippen LogP contribution in [-0.4, -0.2) is 27.8 Å². The van der Waals surface area contributed by atoms with Crippen molar-refractivity contribution in [2.45, 2.75) is 19.2 Å². The number of hydrogen-bond donors (Lipinski definition) is 1. The molecule has 0 atom stereocenters. The van der Waals surface area contributed by atoms with E-state index < -0.39 is 0 Å². The monoisotopic (exact) mass is 417 g/mol. The second-order valence-corrected chi connectivity index (χ2v) is 7.82. The average Bonchev–Trinajstić information content (AvgIpc) is 3.08. The lowest BCUT2D eigenvalue weighted by molar-refractivity contribution is 0.0956. The van der Waals surface area contributed by atoms with Gasteiger partial charge in [0.05, 0.1) is 0 Å². The van der Waals surface area contributed by atoms with Crippen molar-refractivity contribution < 1.29 is 9.18 Å². The lowest BCUT2D eigenvalue weighted by Crippen LogP contribution is -2.25. The smallest absolute Gasteiger partial charge is 0.251 e. The first-order chi connectivity index (χ1) is 13.5. The van der Waals surface area contributed by atoms with E-state index in [0.717, 1.165) is 17.9 Å². The summed E-state index contributed by atoms with van der Waals surface area (Å²) in [5.41, 5.74) is 2.23. The lowest BCUT2D eigenvalue weighted by Gasteiger charge is -2.08. The largest absolute Gasteiger partial charge is 0.351 e. The van der Waals surface area contributed by atoms with Gasteiger partial charge in [0.15, 0.2) is 0 Å². The minimum atomic E-state index is -0.296. The molecular weight excluding hydrogens is 397 g/mol. The summed E-state index contributed by atoms with van der Waals surface area (Å²) < 4.78 is 15.8. The van der Waals surface area contributed by atoms with E-state index in [9.17, 15) is 9.18 Å². The molecule has 0 bridgehead atoms. The van der Waals surface area contributed by atoms with Gasteiger partial charge in [0.2, 0.25) is 0 Å². The minimum absolute atomic E-state index is 0.116. The summed E-state index contributed by atoms with van der Waals surface area (Å²) >= 11 is 7.54. The number of nitrogens with zero attached hydrogens (tertiary/aromatic N) is 2. The molecule has 0 saturated carbocycles. The predicted octanol–water partition coefficient (Wildman–Crippen LogP) is 4.70. The molecule has 0 unspecified atom stereocenters. The molecule has 0 aliphatic rings. The number of rotatable bonds is 8. The Morgan fingerprint density at radius 2 is 2.04 bits per heavy atom. The van der Waals surface area contributed by atoms with Crippen molar-refractivity contribution in [2.24, 2.45) is 0 Å². The molecule has 1 heterocycles. The van der Waals surface area contributed by atoms with Crippen LogP contribution in [0.15, 0.2) is 54.9 Å². The maximum atomic E-state index is 13.7. The molecule has 146 valence electrons. The molecular formula is C21H21ClFN3OS. The molecule has 3 aromatic rings. The molecule has 0 fully saturated rings. The van der Waals surface area contributed by atoms with E-state index in [1.807, 2.05) is 42.0 Å². The van der Waals surface area contributed by atoms with Gasteiger partial charge in [-0.3, -0.25) is 4.79 Å². The van der Waals surface area contributed by atoms with Crippen LogP contribution in [0.1, 0.15) is 27.3 Å². The van der Waals surface area contributed by atoms with Crippen LogP contribution in [0.4, 0.5) is 4.39 Å². The van der Waals surface area contributed by atoms with Gasteiger partial charge in [-0.1, -0.05) is 29.8 Å². The van der Waals surface area contributed by atoms with Gasteiger partial charge in [0, 0.05) is 53.1 Å². The minimum Gasteiger partial charge on any atom is -0.351 e. The number of amides is 1. The highest BCUT2D eigenvalue weighted by atomic mass is 35.5. The highest BCUT2D eigenvalue weighted by Crippen LogP contribution is 2.23. The zero-order chi connectivity index (χ0) is 19.9. The SMILES string of the molecule is Cc1nccn1Cc1ccc(C(=O)NCCSCc2c(F)cccc2Cl)cc1. The predicted molar refractivity (Wildman–Crippen MR) is 112 cm³/mol. The number of halogens is 2. The van der Waals surface area contributed by atoms with Gasteiger partial charge in [-0.05, 0) is 36.8 Å². The zero-order valence-corrected chi connectivity index (χ0v) is 17.1. The van der Waals surface area contributed by atoms with Crippen LogP contribution in [0, 0.1) is 12.7 Å². The van der Waals surface area contributed by atoms with Gasteiger partial charge in [-0.15, -0.1) is 0 Å². The second kappa shape index (κ2) is 9.75. The lowest BCUT2D eigenvalue weighted by atomic mass is 10.1. The third-order valence-electron chi connectivity index (χ3n) is 4.33. The number of thioether (sulfide) groups is 1. The molecule has 1 N–H and O–H groups in total. The van der Waals surface area contributed by atoms with Gasteiger partial charge in [-0.2, -0.15) is 11.8 Å². The third-order valence-corrected chi connectivity index (χ3v) is 5.67. The first-order valence-corrected chi connectivity index (χ1v) is 10.4. The fourth-order valence-electron chi connectivity index (χ4n) is 2.71. The van der Waals surface area contributed by atoms with Crippen LogP contribution in [0.2, 0.25) is 5.02 Å². The van der Waals surface area contributed by atoms with Crippen molar-refractivity contribution in [3.63, 3.8) is 0 Å². The van der Waals surface area contributed by atoms with Crippen molar-refractivity contribution in [1.82, 2.24) is 14.9 Å². The van der Waals surface area contributed by atoms with Crippen LogP contribution in [0.25, 0.3) is 0 Å². The Labute approximate surface area is 173 Å². The van der Waals surface area contributed by atoms with Crippen molar-refractivity contribution >= 4 is 29.3 Å². The maximum absolute atomic E-state index is 13.7. The van der Waals surface area contributed by atoms with Gasteiger partial charge >= 0.3 is 0 Å². The van der Waals surface area contributed by atoms with Crippen LogP contribution < -0.4 is 5.32 Å². The van der Waals surface area contributed by atoms with Crippen LogP contribution in [0.3, 0.4) is 0 Å². The van der Waals surface area contributed by atoms with E-state index in [-0.39, 0.29) is 11.7 Å². The zero-order valence-electron chi connectivity index (χ0n) is 15.5. The van der Waals surface area contributed by atoms with E-state index in [1.165, 1.54) is 17.8 Å². The molecule has 0 aliphatic heterocycles. The van der Waals surface area contributed by atoms with Gasteiger partial charge in [0.1, 0.15) is 11.6 Å². The van der Waals surface area contributed by atoms with Gasteiger partial charge in [-0.25, -0.2) is 9.37 Å².